The first-order valence-electron chi connectivity index (χ1n) is 6.27. The van der Waals surface area contributed by atoms with Gasteiger partial charge in [-0.05, 0) is 31.9 Å². The van der Waals surface area contributed by atoms with E-state index in [1.807, 2.05) is 17.9 Å². The average Bonchev–Trinajstić information content (AvgIpc) is 3.22. The van der Waals surface area contributed by atoms with E-state index in [4.69, 9.17) is 21.6 Å². The Morgan fingerprint density at radius 3 is 2.89 bits per heavy atom. The second kappa shape index (κ2) is 5.94. The Bertz CT molecular complexity index is 521. The number of nitrogens with zero attached hydrogens (tertiary/aromatic N) is 2. The van der Waals surface area contributed by atoms with E-state index in [9.17, 15) is 4.79 Å². The van der Waals surface area contributed by atoms with E-state index in [1.54, 1.807) is 18.2 Å². The molecule has 1 aromatic carbocycles. The summed E-state index contributed by atoms with van der Waals surface area (Å²) in [4.78, 5) is 13.8. The monoisotopic (exact) mass is 278 g/mol. The van der Waals surface area contributed by atoms with Crippen LogP contribution in [0.4, 0.5) is 0 Å². The van der Waals surface area contributed by atoms with Crippen LogP contribution in [0.25, 0.3) is 0 Å². The standard InChI is InChI=1S/C14H15ClN2O2/c1-2-17(12-5-6-12)14(18)9-19-13-7-11(15)4-3-10(13)8-16/h3-4,7,12H,2,5-6,9H2,1H3. The van der Waals surface area contributed by atoms with E-state index in [2.05, 4.69) is 0 Å². The Balaban J connectivity index is 2.00. The lowest BCUT2D eigenvalue weighted by Crippen LogP contribution is -2.36. The normalized spacial score (nSPS) is 13.7. The lowest BCUT2D eigenvalue weighted by molar-refractivity contribution is -0.133. The number of nitriles is 1. The molecule has 1 aliphatic rings. The van der Waals surface area contributed by atoms with E-state index in [0.29, 0.717) is 28.9 Å². The zero-order valence-electron chi connectivity index (χ0n) is 10.7. The third kappa shape index (κ3) is 3.39. The van der Waals surface area contributed by atoms with Gasteiger partial charge in [0, 0.05) is 23.7 Å². The Kier molecular flexibility index (Phi) is 4.28. The highest BCUT2D eigenvalue weighted by Gasteiger charge is 2.31. The number of benzene rings is 1. The van der Waals surface area contributed by atoms with Crippen LogP contribution in [0.2, 0.25) is 5.02 Å². The maximum atomic E-state index is 12.0. The molecule has 0 radical (unpaired) electrons. The zero-order valence-corrected chi connectivity index (χ0v) is 11.5. The van der Waals surface area contributed by atoms with E-state index in [-0.39, 0.29) is 12.5 Å². The van der Waals surface area contributed by atoms with E-state index in [1.165, 1.54) is 0 Å². The van der Waals surface area contributed by atoms with Crippen molar-refractivity contribution in [2.45, 2.75) is 25.8 Å². The molecule has 0 saturated heterocycles. The first-order valence-corrected chi connectivity index (χ1v) is 6.65. The highest BCUT2D eigenvalue weighted by atomic mass is 35.5. The highest BCUT2D eigenvalue weighted by molar-refractivity contribution is 6.30. The van der Waals surface area contributed by atoms with Crippen LogP contribution >= 0.6 is 11.6 Å². The molecule has 1 aromatic rings. The largest absolute Gasteiger partial charge is 0.482 e. The molecule has 0 N–H and O–H groups in total. The van der Waals surface area contributed by atoms with Crippen molar-refractivity contribution in [2.75, 3.05) is 13.2 Å². The third-order valence-corrected chi connectivity index (χ3v) is 3.30. The van der Waals surface area contributed by atoms with Crippen LogP contribution in [0.3, 0.4) is 0 Å². The van der Waals surface area contributed by atoms with Gasteiger partial charge in [0.2, 0.25) is 0 Å². The molecular formula is C14H15ClN2O2. The lowest BCUT2D eigenvalue weighted by atomic mass is 10.2. The molecule has 0 bridgehead atoms. The highest BCUT2D eigenvalue weighted by Crippen LogP contribution is 2.27. The third-order valence-electron chi connectivity index (χ3n) is 3.06. The molecule has 0 aromatic heterocycles. The van der Waals surface area contributed by atoms with Crippen LogP contribution in [0.5, 0.6) is 5.75 Å². The van der Waals surface area contributed by atoms with E-state index >= 15 is 0 Å². The number of amides is 1. The van der Waals surface area contributed by atoms with Gasteiger partial charge in [0.15, 0.2) is 6.61 Å². The molecule has 1 fully saturated rings. The van der Waals surface area contributed by atoms with Gasteiger partial charge < -0.3 is 9.64 Å². The van der Waals surface area contributed by atoms with Crippen molar-refractivity contribution in [1.29, 1.82) is 5.26 Å². The second-order valence-corrected chi connectivity index (χ2v) is 4.89. The average molecular weight is 279 g/mol. The summed E-state index contributed by atoms with van der Waals surface area (Å²) in [6.45, 7) is 2.59. The van der Waals surface area contributed by atoms with E-state index in [0.717, 1.165) is 12.8 Å². The fraction of sp³-hybridized carbons (Fsp3) is 0.429. The maximum absolute atomic E-state index is 12.0. The molecule has 0 heterocycles. The fourth-order valence-electron chi connectivity index (χ4n) is 1.95. The zero-order chi connectivity index (χ0) is 13.8. The summed E-state index contributed by atoms with van der Waals surface area (Å²) in [6.07, 6.45) is 2.14. The van der Waals surface area contributed by atoms with Gasteiger partial charge in [-0.1, -0.05) is 11.6 Å². The van der Waals surface area contributed by atoms with Crippen molar-refractivity contribution in [1.82, 2.24) is 4.90 Å². The predicted molar refractivity (Wildman–Crippen MR) is 72.1 cm³/mol. The molecule has 1 amide bonds. The lowest BCUT2D eigenvalue weighted by Gasteiger charge is -2.20. The molecule has 1 saturated carbocycles. The van der Waals surface area contributed by atoms with Gasteiger partial charge in [-0.2, -0.15) is 5.26 Å². The Labute approximate surface area is 117 Å². The number of rotatable bonds is 5. The van der Waals surface area contributed by atoms with Gasteiger partial charge in [0.25, 0.3) is 5.91 Å². The quantitative estimate of drug-likeness (QED) is 0.832. The van der Waals surface area contributed by atoms with Crippen molar-refractivity contribution < 1.29 is 9.53 Å². The molecule has 2 rings (SSSR count). The number of likely N-dealkylation sites (N-methyl/N-ethyl adjacent to an activating group) is 1. The number of carbonyl (C=O) groups is 1. The molecular weight excluding hydrogens is 264 g/mol. The Hall–Kier alpha value is -1.73. The first kappa shape index (κ1) is 13.7. The summed E-state index contributed by atoms with van der Waals surface area (Å²) < 4.78 is 5.43. The van der Waals surface area contributed by atoms with Gasteiger partial charge in [-0.15, -0.1) is 0 Å². The van der Waals surface area contributed by atoms with Gasteiger partial charge in [0.05, 0.1) is 5.56 Å². The maximum Gasteiger partial charge on any atom is 0.260 e. The smallest absolute Gasteiger partial charge is 0.260 e. The Morgan fingerprint density at radius 2 is 2.32 bits per heavy atom. The van der Waals surface area contributed by atoms with Gasteiger partial charge in [-0.3, -0.25) is 4.79 Å². The van der Waals surface area contributed by atoms with Crippen molar-refractivity contribution in [3.63, 3.8) is 0 Å². The predicted octanol–water partition coefficient (Wildman–Crippen LogP) is 2.60. The summed E-state index contributed by atoms with van der Waals surface area (Å²) in [7, 11) is 0. The van der Waals surface area contributed by atoms with Crippen molar-refractivity contribution >= 4 is 17.5 Å². The first-order chi connectivity index (χ1) is 9.15. The van der Waals surface area contributed by atoms with Crippen LogP contribution in [-0.4, -0.2) is 30.0 Å². The molecule has 5 heteroatoms. The minimum atomic E-state index is -0.0562. The molecule has 0 spiro atoms. The Morgan fingerprint density at radius 1 is 1.58 bits per heavy atom. The topological polar surface area (TPSA) is 53.3 Å². The molecule has 100 valence electrons. The number of carbonyl (C=O) groups excluding carboxylic acids is 1. The SMILES string of the molecule is CCN(C(=O)COc1cc(Cl)ccc1C#N)C1CC1. The van der Waals surface area contributed by atoms with Crippen LogP contribution in [0.15, 0.2) is 18.2 Å². The molecule has 19 heavy (non-hydrogen) atoms. The number of halogens is 1. The molecule has 1 aliphatic carbocycles. The summed E-state index contributed by atoms with van der Waals surface area (Å²) in [5.41, 5.74) is 0.381. The minimum absolute atomic E-state index is 0.0473. The number of ether oxygens (including phenoxy) is 1. The van der Waals surface area contributed by atoms with Crippen LogP contribution in [0, 0.1) is 11.3 Å². The summed E-state index contributed by atoms with van der Waals surface area (Å²) in [5, 5.41) is 9.44. The van der Waals surface area contributed by atoms with Crippen molar-refractivity contribution in [3.8, 4) is 11.8 Å². The van der Waals surface area contributed by atoms with Crippen molar-refractivity contribution in [2.24, 2.45) is 0 Å². The molecule has 4 nitrogen and oxygen atoms in total. The van der Waals surface area contributed by atoms with Gasteiger partial charge >= 0.3 is 0 Å². The minimum Gasteiger partial charge on any atom is -0.482 e. The number of hydrogen-bond donors (Lipinski definition) is 0. The van der Waals surface area contributed by atoms with Crippen LogP contribution in [-0.2, 0) is 4.79 Å². The molecule has 0 unspecified atom stereocenters. The molecule has 0 aliphatic heterocycles. The second-order valence-electron chi connectivity index (χ2n) is 4.45. The fourth-order valence-corrected chi connectivity index (χ4v) is 2.12. The van der Waals surface area contributed by atoms with Crippen LogP contribution < -0.4 is 4.74 Å². The molecule has 0 atom stereocenters. The van der Waals surface area contributed by atoms with E-state index < -0.39 is 0 Å². The summed E-state index contributed by atoms with van der Waals surface area (Å²) in [6, 6.07) is 7.15. The van der Waals surface area contributed by atoms with Gasteiger partial charge in [-0.25, -0.2) is 0 Å². The van der Waals surface area contributed by atoms with Gasteiger partial charge in [0.1, 0.15) is 11.8 Å². The van der Waals surface area contributed by atoms with Crippen molar-refractivity contribution in [3.05, 3.63) is 28.8 Å². The summed E-state index contributed by atoms with van der Waals surface area (Å²) in [5.74, 6) is 0.309. The summed E-state index contributed by atoms with van der Waals surface area (Å²) >= 11 is 5.85. The van der Waals surface area contributed by atoms with Crippen LogP contribution in [0.1, 0.15) is 25.3 Å². The number of hydrogen-bond acceptors (Lipinski definition) is 3.